The number of nitrogens with two attached hydrogens (primary N) is 1. The van der Waals surface area contributed by atoms with Crippen LogP contribution in [-0.4, -0.2) is 18.0 Å². The molecule has 0 aliphatic carbocycles. The number of carbonyl (C=O) groups excluding carboxylic acids is 1. The fraction of sp³-hybridized carbons (Fsp3) is 0.100. The third-order valence-corrected chi connectivity index (χ3v) is 5.44. The van der Waals surface area contributed by atoms with E-state index in [2.05, 4.69) is 10.3 Å². The Kier molecular flexibility index (Phi) is 4.86. The van der Waals surface area contributed by atoms with Crippen LogP contribution in [-0.2, 0) is 6.18 Å². The zero-order valence-corrected chi connectivity index (χ0v) is 16.2. The quantitative estimate of drug-likeness (QED) is 0.449. The van der Waals surface area contributed by atoms with Gasteiger partial charge >= 0.3 is 6.18 Å². The molecule has 1 aromatic carbocycles. The van der Waals surface area contributed by atoms with Gasteiger partial charge in [-0.15, -0.1) is 11.3 Å². The van der Waals surface area contributed by atoms with E-state index in [1.807, 2.05) is 0 Å². The fourth-order valence-corrected chi connectivity index (χ4v) is 4.00. The van der Waals surface area contributed by atoms with Crippen LogP contribution in [0.5, 0.6) is 5.75 Å². The smallest absolute Gasteiger partial charge is 0.433 e. The molecule has 0 unspecified atom stereocenters. The first-order chi connectivity index (χ1) is 14.3. The van der Waals surface area contributed by atoms with Gasteiger partial charge in [0.05, 0.1) is 24.7 Å². The molecule has 6 nitrogen and oxygen atoms in total. The van der Waals surface area contributed by atoms with Crippen molar-refractivity contribution >= 4 is 38.8 Å². The number of ether oxygens (including phenoxy) is 1. The summed E-state index contributed by atoms with van der Waals surface area (Å²) in [6.45, 7) is 0. The number of hydrogen-bond donors (Lipinski definition) is 2. The molecular formula is C20H14F3N3O3S. The molecule has 0 spiro atoms. The first-order valence-corrected chi connectivity index (χ1v) is 9.39. The van der Waals surface area contributed by atoms with Gasteiger partial charge in [0.15, 0.2) is 0 Å². The number of rotatable bonds is 4. The Balaban J connectivity index is 1.85. The van der Waals surface area contributed by atoms with Gasteiger partial charge < -0.3 is 20.2 Å². The molecular weight excluding hydrogens is 419 g/mol. The van der Waals surface area contributed by atoms with Crippen molar-refractivity contribution in [2.75, 3.05) is 18.2 Å². The normalized spacial score (nSPS) is 11.6. The molecule has 0 atom stereocenters. The second-order valence-electron chi connectivity index (χ2n) is 6.21. The Hall–Kier alpha value is -3.53. The number of methoxy groups -OCH3 is 1. The summed E-state index contributed by atoms with van der Waals surface area (Å²) in [5.41, 5.74) is 5.62. The zero-order valence-electron chi connectivity index (χ0n) is 15.4. The lowest BCUT2D eigenvalue weighted by atomic mass is 10.1. The number of alkyl halides is 3. The predicted octanol–water partition coefficient (Wildman–Crippen LogP) is 5.42. The molecule has 0 fully saturated rings. The van der Waals surface area contributed by atoms with E-state index in [1.54, 1.807) is 30.3 Å². The van der Waals surface area contributed by atoms with E-state index >= 15 is 0 Å². The Labute approximate surface area is 172 Å². The van der Waals surface area contributed by atoms with Crippen LogP contribution >= 0.6 is 11.3 Å². The number of amides is 1. The topological polar surface area (TPSA) is 90.4 Å². The van der Waals surface area contributed by atoms with E-state index in [0.29, 0.717) is 11.4 Å². The lowest BCUT2D eigenvalue weighted by Crippen LogP contribution is -2.12. The highest BCUT2D eigenvalue weighted by molar-refractivity contribution is 7.21. The van der Waals surface area contributed by atoms with E-state index in [1.165, 1.54) is 19.4 Å². The zero-order chi connectivity index (χ0) is 21.5. The number of anilines is 2. The van der Waals surface area contributed by atoms with Gasteiger partial charge in [-0.25, -0.2) is 4.98 Å². The first kappa shape index (κ1) is 19.8. The van der Waals surface area contributed by atoms with Crippen LogP contribution in [0.4, 0.5) is 24.5 Å². The monoisotopic (exact) mass is 433 g/mol. The molecule has 0 aliphatic heterocycles. The maximum atomic E-state index is 13.4. The number of nitrogens with zero attached hydrogens (tertiary/aromatic N) is 1. The van der Waals surface area contributed by atoms with E-state index in [9.17, 15) is 18.0 Å². The largest absolute Gasteiger partial charge is 0.495 e. The number of benzene rings is 1. The number of hydrogen-bond acceptors (Lipinski definition) is 6. The average molecular weight is 433 g/mol. The van der Waals surface area contributed by atoms with Crippen LogP contribution in [0.2, 0.25) is 0 Å². The van der Waals surface area contributed by atoms with Crippen molar-refractivity contribution in [1.29, 1.82) is 0 Å². The molecule has 3 N–H and O–H groups in total. The summed E-state index contributed by atoms with van der Waals surface area (Å²) in [4.78, 5) is 16.6. The van der Waals surface area contributed by atoms with Crippen molar-refractivity contribution in [2.24, 2.45) is 0 Å². The minimum absolute atomic E-state index is 0.0149. The number of thiophene rings is 1. The van der Waals surface area contributed by atoms with Gasteiger partial charge in [0.1, 0.15) is 26.9 Å². The number of carbonyl (C=O) groups is 1. The van der Waals surface area contributed by atoms with E-state index < -0.39 is 17.8 Å². The molecule has 1 amide bonds. The van der Waals surface area contributed by atoms with E-state index in [4.69, 9.17) is 14.9 Å². The number of furan rings is 1. The number of pyridine rings is 1. The molecule has 3 aromatic heterocycles. The number of para-hydroxylation sites is 2. The number of aromatic nitrogens is 1. The molecule has 0 radical (unpaired) electrons. The maximum Gasteiger partial charge on any atom is 0.433 e. The highest BCUT2D eigenvalue weighted by atomic mass is 32.1. The summed E-state index contributed by atoms with van der Waals surface area (Å²) in [7, 11) is 1.46. The molecule has 0 saturated carbocycles. The standard InChI is InChI=1S/C20H14F3N3O3S/c1-28-13-6-3-2-5-11(13)25-18(27)17-16(24)15-10(12-7-4-8-29-12)9-14(20(21,22)23)26-19(15)30-17/h2-9H,24H2,1H3,(H,25,27). The minimum atomic E-state index is -4.67. The summed E-state index contributed by atoms with van der Waals surface area (Å²) in [5.74, 6) is 0.0346. The van der Waals surface area contributed by atoms with Gasteiger partial charge in [-0.05, 0) is 30.3 Å². The van der Waals surface area contributed by atoms with Crippen molar-refractivity contribution in [3.8, 4) is 17.1 Å². The molecule has 30 heavy (non-hydrogen) atoms. The Morgan fingerprint density at radius 2 is 2.00 bits per heavy atom. The second kappa shape index (κ2) is 7.38. The summed E-state index contributed by atoms with van der Waals surface area (Å²) in [6, 6.07) is 10.7. The van der Waals surface area contributed by atoms with Crippen LogP contribution < -0.4 is 15.8 Å². The van der Waals surface area contributed by atoms with Gasteiger partial charge in [0, 0.05) is 10.9 Å². The second-order valence-corrected chi connectivity index (χ2v) is 7.21. The molecule has 0 saturated heterocycles. The molecule has 154 valence electrons. The van der Waals surface area contributed by atoms with Crippen molar-refractivity contribution in [3.05, 3.63) is 59.3 Å². The lowest BCUT2D eigenvalue weighted by molar-refractivity contribution is -0.140. The highest BCUT2D eigenvalue weighted by Crippen LogP contribution is 2.42. The van der Waals surface area contributed by atoms with Crippen molar-refractivity contribution in [1.82, 2.24) is 4.98 Å². The summed E-state index contributed by atoms with van der Waals surface area (Å²) in [6.07, 6.45) is -3.33. The fourth-order valence-electron chi connectivity index (χ4n) is 2.99. The average Bonchev–Trinajstić information content (AvgIpc) is 3.35. The summed E-state index contributed by atoms with van der Waals surface area (Å²) < 4.78 is 50.6. The lowest BCUT2D eigenvalue weighted by Gasteiger charge is -2.09. The summed E-state index contributed by atoms with van der Waals surface area (Å²) >= 11 is 0.776. The SMILES string of the molecule is COc1ccccc1NC(=O)c1sc2nc(C(F)(F)F)cc(-c3ccco3)c2c1N. The maximum absolute atomic E-state index is 13.4. The van der Waals surface area contributed by atoms with Crippen molar-refractivity contribution in [3.63, 3.8) is 0 Å². The van der Waals surface area contributed by atoms with Crippen molar-refractivity contribution in [2.45, 2.75) is 6.18 Å². The van der Waals surface area contributed by atoms with Crippen molar-refractivity contribution < 1.29 is 27.1 Å². The Morgan fingerprint density at radius 1 is 1.23 bits per heavy atom. The summed E-state index contributed by atoms with van der Waals surface area (Å²) in [5, 5.41) is 2.90. The third-order valence-electron chi connectivity index (χ3n) is 4.34. The Morgan fingerprint density at radius 3 is 2.67 bits per heavy atom. The third kappa shape index (κ3) is 3.45. The molecule has 10 heteroatoms. The Bertz CT molecular complexity index is 1230. The number of halogens is 3. The first-order valence-electron chi connectivity index (χ1n) is 8.58. The van der Waals surface area contributed by atoms with Crippen LogP contribution in [0.25, 0.3) is 21.5 Å². The van der Waals surface area contributed by atoms with Crippen LogP contribution in [0.1, 0.15) is 15.4 Å². The van der Waals surface area contributed by atoms with Crippen LogP contribution in [0, 0.1) is 0 Å². The van der Waals surface area contributed by atoms with Crippen LogP contribution in [0.15, 0.2) is 53.1 Å². The predicted molar refractivity (Wildman–Crippen MR) is 108 cm³/mol. The molecule has 0 bridgehead atoms. The number of nitrogen functional groups attached to an aromatic ring is 1. The molecule has 3 heterocycles. The molecule has 4 rings (SSSR count). The van der Waals surface area contributed by atoms with Crippen LogP contribution in [0.3, 0.4) is 0 Å². The van der Waals surface area contributed by atoms with Gasteiger partial charge in [-0.1, -0.05) is 12.1 Å². The van der Waals surface area contributed by atoms with E-state index in [-0.39, 0.29) is 32.1 Å². The van der Waals surface area contributed by atoms with Gasteiger partial charge in [-0.2, -0.15) is 13.2 Å². The van der Waals surface area contributed by atoms with Gasteiger partial charge in [0.2, 0.25) is 0 Å². The molecule has 0 aliphatic rings. The highest BCUT2D eigenvalue weighted by Gasteiger charge is 2.35. The van der Waals surface area contributed by atoms with E-state index in [0.717, 1.165) is 17.4 Å². The van der Waals surface area contributed by atoms with Gasteiger partial charge in [-0.3, -0.25) is 4.79 Å². The van der Waals surface area contributed by atoms with Gasteiger partial charge in [0.25, 0.3) is 5.91 Å². The molecule has 4 aromatic rings. The number of nitrogens with one attached hydrogen (secondary N) is 1. The number of fused-ring (bicyclic) bond motifs is 1. The minimum Gasteiger partial charge on any atom is -0.495 e.